The third-order valence-electron chi connectivity index (χ3n) is 4.15. The van der Waals surface area contributed by atoms with Gasteiger partial charge in [-0.2, -0.15) is 0 Å². The molecule has 24 heavy (non-hydrogen) atoms. The molecule has 1 aromatic heterocycles. The molecule has 5 nitrogen and oxygen atoms in total. The van der Waals surface area contributed by atoms with Crippen LogP contribution in [0.1, 0.15) is 33.6 Å². The highest BCUT2D eigenvalue weighted by Gasteiger charge is 2.25. The molecule has 1 aliphatic rings. The lowest BCUT2D eigenvalue weighted by atomic mass is 10.0. The fraction of sp³-hybridized carbons (Fsp3) is 0.278. The first-order valence-corrected chi connectivity index (χ1v) is 8.97. The van der Waals surface area contributed by atoms with E-state index in [0.29, 0.717) is 18.7 Å². The summed E-state index contributed by atoms with van der Waals surface area (Å²) in [5.41, 5.74) is 1.31. The number of nitrogens with zero attached hydrogens (tertiary/aromatic N) is 2. The summed E-state index contributed by atoms with van der Waals surface area (Å²) >= 11 is 2.19. The fourth-order valence-electron chi connectivity index (χ4n) is 2.80. The molecule has 0 radical (unpaired) electrons. The lowest BCUT2D eigenvalue weighted by Crippen LogP contribution is -2.46. The van der Waals surface area contributed by atoms with E-state index in [4.69, 9.17) is 0 Å². The number of hydrogen-bond donors (Lipinski definition) is 1. The zero-order valence-electron chi connectivity index (χ0n) is 13.1. The predicted octanol–water partition coefficient (Wildman–Crippen LogP) is 2.72. The standard InChI is InChI=1S/C18H18IN3O2/c19-16-6-2-1-5-15(16)18(24)22-10-7-14(8-11-22)21-17(23)13-4-3-9-20-12-13/h1-6,9,12,14H,7-8,10-11H2,(H,21,23). The molecule has 0 saturated carbocycles. The first kappa shape index (κ1) is 16.9. The van der Waals surface area contributed by atoms with Gasteiger partial charge in [0.05, 0.1) is 11.1 Å². The Balaban J connectivity index is 1.55. The lowest BCUT2D eigenvalue weighted by molar-refractivity contribution is 0.0697. The van der Waals surface area contributed by atoms with E-state index in [1.54, 1.807) is 24.5 Å². The third kappa shape index (κ3) is 3.92. The maximum Gasteiger partial charge on any atom is 0.254 e. The average molecular weight is 435 g/mol. The summed E-state index contributed by atoms with van der Waals surface area (Å²) in [5, 5.41) is 3.03. The zero-order valence-corrected chi connectivity index (χ0v) is 15.3. The van der Waals surface area contributed by atoms with Crippen molar-refractivity contribution in [3.8, 4) is 0 Å². The van der Waals surface area contributed by atoms with Gasteiger partial charge in [0.25, 0.3) is 11.8 Å². The van der Waals surface area contributed by atoms with Gasteiger partial charge in [-0.05, 0) is 59.7 Å². The van der Waals surface area contributed by atoms with E-state index in [1.807, 2.05) is 29.2 Å². The zero-order chi connectivity index (χ0) is 16.9. The summed E-state index contributed by atoms with van der Waals surface area (Å²) < 4.78 is 0.965. The van der Waals surface area contributed by atoms with Crippen molar-refractivity contribution in [2.45, 2.75) is 18.9 Å². The van der Waals surface area contributed by atoms with Gasteiger partial charge in [-0.3, -0.25) is 14.6 Å². The number of hydrogen-bond acceptors (Lipinski definition) is 3. The van der Waals surface area contributed by atoms with Gasteiger partial charge in [0.2, 0.25) is 0 Å². The summed E-state index contributed by atoms with van der Waals surface area (Å²) in [4.78, 5) is 30.6. The van der Waals surface area contributed by atoms with Crippen LogP contribution in [-0.4, -0.2) is 40.8 Å². The van der Waals surface area contributed by atoms with E-state index in [1.165, 1.54) is 0 Å². The minimum absolute atomic E-state index is 0.0667. The van der Waals surface area contributed by atoms with Crippen LogP contribution in [0.4, 0.5) is 0 Å². The summed E-state index contributed by atoms with van der Waals surface area (Å²) in [6.07, 6.45) is 4.74. The van der Waals surface area contributed by atoms with Crippen LogP contribution in [0.25, 0.3) is 0 Å². The Morgan fingerprint density at radius 2 is 1.88 bits per heavy atom. The van der Waals surface area contributed by atoms with Crippen molar-refractivity contribution in [2.24, 2.45) is 0 Å². The number of likely N-dealkylation sites (tertiary alicyclic amines) is 1. The first-order valence-electron chi connectivity index (χ1n) is 7.90. The number of nitrogens with one attached hydrogen (secondary N) is 1. The lowest BCUT2D eigenvalue weighted by Gasteiger charge is -2.32. The fourth-order valence-corrected chi connectivity index (χ4v) is 3.42. The number of amides is 2. The summed E-state index contributed by atoms with van der Waals surface area (Å²) in [6.45, 7) is 1.31. The van der Waals surface area contributed by atoms with E-state index in [9.17, 15) is 9.59 Å². The maximum atomic E-state index is 12.6. The quantitative estimate of drug-likeness (QED) is 0.755. The second-order valence-corrected chi connectivity index (χ2v) is 6.92. The molecule has 2 heterocycles. The molecule has 2 amide bonds. The Labute approximate surface area is 154 Å². The topological polar surface area (TPSA) is 62.3 Å². The molecular weight excluding hydrogens is 417 g/mol. The Bertz CT molecular complexity index is 728. The third-order valence-corrected chi connectivity index (χ3v) is 5.09. The highest BCUT2D eigenvalue weighted by atomic mass is 127. The Morgan fingerprint density at radius 1 is 1.12 bits per heavy atom. The van der Waals surface area contributed by atoms with Crippen molar-refractivity contribution < 1.29 is 9.59 Å². The number of piperidine rings is 1. The molecule has 0 spiro atoms. The maximum absolute atomic E-state index is 12.6. The minimum Gasteiger partial charge on any atom is -0.349 e. The van der Waals surface area contributed by atoms with Crippen LogP contribution < -0.4 is 5.32 Å². The van der Waals surface area contributed by atoms with Gasteiger partial charge in [-0.15, -0.1) is 0 Å². The first-order chi connectivity index (χ1) is 11.6. The number of halogens is 1. The molecule has 3 rings (SSSR count). The van der Waals surface area contributed by atoms with Crippen molar-refractivity contribution in [3.63, 3.8) is 0 Å². The van der Waals surface area contributed by atoms with Crippen molar-refractivity contribution in [1.82, 2.24) is 15.2 Å². The van der Waals surface area contributed by atoms with Crippen LogP contribution in [0.5, 0.6) is 0 Å². The van der Waals surface area contributed by atoms with Crippen molar-refractivity contribution in [1.29, 1.82) is 0 Å². The predicted molar refractivity (Wildman–Crippen MR) is 99.8 cm³/mol. The molecular formula is C18H18IN3O2. The van der Waals surface area contributed by atoms with Crippen LogP contribution in [0, 0.1) is 3.57 Å². The molecule has 0 unspecified atom stereocenters. The average Bonchev–Trinajstić information content (AvgIpc) is 2.63. The number of rotatable bonds is 3. The molecule has 1 aliphatic heterocycles. The number of aromatic nitrogens is 1. The molecule has 1 aromatic carbocycles. The van der Waals surface area contributed by atoms with Gasteiger partial charge >= 0.3 is 0 Å². The molecule has 6 heteroatoms. The molecule has 0 aliphatic carbocycles. The normalized spacial score (nSPS) is 15.1. The van der Waals surface area contributed by atoms with Gasteiger partial charge in [0.15, 0.2) is 0 Å². The molecule has 124 valence electrons. The van der Waals surface area contributed by atoms with Gasteiger partial charge in [-0.25, -0.2) is 0 Å². The number of benzene rings is 1. The molecule has 1 saturated heterocycles. The number of carbonyl (C=O) groups is 2. The van der Waals surface area contributed by atoms with E-state index in [2.05, 4.69) is 32.9 Å². The highest BCUT2D eigenvalue weighted by Crippen LogP contribution is 2.18. The van der Waals surface area contributed by atoms with E-state index >= 15 is 0 Å². The number of carbonyl (C=O) groups excluding carboxylic acids is 2. The summed E-state index contributed by atoms with van der Waals surface area (Å²) in [5.74, 6) is -0.0393. The van der Waals surface area contributed by atoms with E-state index < -0.39 is 0 Å². The van der Waals surface area contributed by atoms with Crippen LogP contribution in [-0.2, 0) is 0 Å². The highest BCUT2D eigenvalue weighted by molar-refractivity contribution is 14.1. The van der Waals surface area contributed by atoms with Gasteiger partial charge in [0, 0.05) is 35.1 Å². The SMILES string of the molecule is O=C(NC1CCN(C(=O)c2ccccc2I)CC1)c1cccnc1. The minimum atomic E-state index is -0.106. The van der Waals surface area contributed by atoms with Crippen LogP contribution in [0.3, 0.4) is 0 Å². The van der Waals surface area contributed by atoms with Gasteiger partial charge < -0.3 is 10.2 Å². The molecule has 2 aromatic rings. The number of pyridine rings is 1. The largest absolute Gasteiger partial charge is 0.349 e. The smallest absolute Gasteiger partial charge is 0.254 e. The Hall–Kier alpha value is -1.96. The molecule has 0 bridgehead atoms. The van der Waals surface area contributed by atoms with Crippen LogP contribution in [0.15, 0.2) is 48.8 Å². The van der Waals surface area contributed by atoms with E-state index in [-0.39, 0.29) is 17.9 Å². The van der Waals surface area contributed by atoms with E-state index in [0.717, 1.165) is 22.0 Å². The van der Waals surface area contributed by atoms with Crippen LogP contribution >= 0.6 is 22.6 Å². The molecule has 1 N–H and O–H groups in total. The van der Waals surface area contributed by atoms with Crippen molar-refractivity contribution in [2.75, 3.05) is 13.1 Å². The van der Waals surface area contributed by atoms with Crippen molar-refractivity contribution >= 4 is 34.4 Å². The Kier molecular flexibility index (Phi) is 5.44. The monoisotopic (exact) mass is 435 g/mol. The summed E-state index contributed by atoms with van der Waals surface area (Å²) in [7, 11) is 0. The molecule has 1 fully saturated rings. The van der Waals surface area contributed by atoms with Crippen molar-refractivity contribution in [3.05, 3.63) is 63.5 Å². The van der Waals surface area contributed by atoms with Gasteiger partial charge in [-0.1, -0.05) is 12.1 Å². The van der Waals surface area contributed by atoms with Crippen LogP contribution in [0.2, 0.25) is 0 Å². The second-order valence-electron chi connectivity index (χ2n) is 5.76. The molecule has 0 atom stereocenters. The Morgan fingerprint density at radius 3 is 2.54 bits per heavy atom. The second kappa shape index (κ2) is 7.74. The van der Waals surface area contributed by atoms with Gasteiger partial charge in [0.1, 0.15) is 0 Å². The summed E-state index contributed by atoms with van der Waals surface area (Å²) in [6, 6.07) is 11.2.